The van der Waals surface area contributed by atoms with Crippen LogP contribution in [0.4, 0.5) is 0 Å². The monoisotopic (exact) mass is 193 g/mol. The van der Waals surface area contributed by atoms with Crippen molar-refractivity contribution in [1.29, 1.82) is 0 Å². The van der Waals surface area contributed by atoms with E-state index in [-0.39, 0.29) is 5.78 Å². The van der Waals surface area contributed by atoms with Gasteiger partial charge in [0.05, 0.1) is 0 Å². The van der Waals surface area contributed by atoms with Crippen molar-refractivity contribution >= 4 is 5.78 Å². The maximum atomic E-state index is 11.5. The first-order chi connectivity index (χ1) is 6.37. The molecule has 2 nitrogen and oxygen atoms in total. The highest BCUT2D eigenvalue weighted by Crippen LogP contribution is 2.27. The summed E-state index contributed by atoms with van der Waals surface area (Å²) in [6.45, 7) is 10.0. The van der Waals surface area contributed by atoms with Crippen molar-refractivity contribution in [2.75, 3.05) is 0 Å². The van der Waals surface area contributed by atoms with E-state index in [2.05, 4.69) is 18.4 Å². The molecule has 0 amide bonds. The fraction of sp³-hybridized carbons (Fsp3) is 0.583. The molecule has 0 N–H and O–H groups in total. The molecule has 14 heavy (non-hydrogen) atoms. The lowest BCUT2D eigenvalue weighted by atomic mass is 10.0. The predicted octanol–water partition coefficient (Wildman–Crippen LogP) is 2.97. The molecule has 0 aliphatic rings. The van der Waals surface area contributed by atoms with Crippen molar-refractivity contribution in [2.45, 2.75) is 40.5 Å². The molecule has 0 unspecified atom stereocenters. The first-order valence-electron chi connectivity index (χ1n) is 5.04. The van der Waals surface area contributed by atoms with E-state index in [0.29, 0.717) is 5.92 Å². The Morgan fingerprint density at radius 2 is 1.79 bits per heavy atom. The van der Waals surface area contributed by atoms with Crippen LogP contribution >= 0.6 is 0 Å². The third-order valence-electron chi connectivity index (χ3n) is 2.88. The molecule has 0 aromatic carbocycles. The molecule has 0 saturated carbocycles. The van der Waals surface area contributed by atoms with Crippen LogP contribution in [0, 0.1) is 13.8 Å². The van der Waals surface area contributed by atoms with Gasteiger partial charge in [0, 0.05) is 24.0 Å². The van der Waals surface area contributed by atoms with Crippen molar-refractivity contribution in [3.8, 4) is 0 Å². The fourth-order valence-corrected chi connectivity index (χ4v) is 2.34. The third-order valence-corrected chi connectivity index (χ3v) is 2.88. The summed E-state index contributed by atoms with van der Waals surface area (Å²) in [6, 6.07) is 0. The smallest absolute Gasteiger partial charge is 0.161 e. The van der Waals surface area contributed by atoms with Crippen LogP contribution < -0.4 is 0 Å². The summed E-state index contributed by atoms with van der Waals surface area (Å²) in [4.78, 5) is 11.5. The lowest BCUT2D eigenvalue weighted by Gasteiger charge is -2.09. The van der Waals surface area contributed by atoms with Crippen LogP contribution in [0.2, 0.25) is 0 Å². The number of carbonyl (C=O) groups excluding carboxylic acids is 1. The fourth-order valence-electron chi connectivity index (χ4n) is 2.34. The van der Waals surface area contributed by atoms with Gasteiger partial charge in [-0.15, -0.1) is 0 Å². The number of hydrogen-bond donors (Lipinski definition) is 0. The normalized spacial score (nSPS) is 11.1. The second-order valence-electron chi connectivity index (χ2n) is 4.24. The van der Waals surface area contributed by atoms with Crippen LogP contribution in [-0.4, -0.2) is 10.4 Å². The molecule has 1 aromatic heterocycles. The van der Waals surface area contributed by atoms with E-state index in [1.807, 2.05) is 20.9 Å². The quantitative estimate of drug-likeness (QED) is 0.662. The first-order valence-corrected chi connectivity index (χ1v) is 5.04. The zero-order valence-electron chi connectivity index (χ0n) is 9.93. The van der Waals surface area contributed by atoms with Crippen molar-refractivity contribution in [3.05, 3.63) is 22.5 Å². The van der Waals surface area contributed by atoms with Gasteiger partial charge in [-0.3, -0.25) is 4.79 Å². The number of aromatic nitrogens is 1. The molecule has 0 fully saturated rings. The van der Waals surface area contributed by atoms with Gasteiger partial charge in [0.25, 0.3) is 0 Å². The molecule has 0 aliphatic carbocycles. The lowest BCUT2D eigenvalue weighted by molar-refractivity contribution is 0.101. The van der Waals surface area contributed by atoms with E-state index in [4.69, 9.17) is 0 Å². The maximum absolute atomic E-state index is 11.5. The van der Waals surface area contributed by atoms with E-state index in [1.54, 1.807) is 6.92 Å². The van der Waals surface area contributed by atoms with E-state index in [0.717, 1.165) is 16.8 Å². The van der Waals surface area contributed by atoms with Gasteiger partial charge in [0.15, 0.2) is 5.78 Å². The molecule has 1 aromatic rings. The molecular formula is C12H19NO. The summed E-state index contributed by atoms with van der Waals surface area (Å²) < 4.78 is 2.14. The van der Waals surface area contributed by atoms with Gasteiger partial charge in [0.2, 0.25) is 0 Å². The van der Waals surface area contributed by atoms with Gasteiger partial charge < -0.3 is 4.57 Å². The van der Waals surface area contributed by atoms with Gasteiger partial charge in [-0.25, -0.2) is 0 Å². The Balaban J connectivity index is 3.49. The SMILES string of the molecule is CC(=O)c1c(C)c(C(C)C)n(C)c1C. The number of carbonyl (C=O) groups is 1. The van der Waals surface area contributed by atoms with Crippen molar-refractivity contribution < 1.29 is 4.79 Å². The molecule has 2 heteroatoms. The zero-order chi connectivity index (χ0) is 11.0. The first kappa shape index (κ1) is 11.0. The Labute approximate surface area is 85.9 Å². The van der Waals surface area contributed by atoms with E-state index in [1.165, 1.54) is 5.69 Å². The third kappa shape index (κ3) is 1.49. The van der Waals surface area contributed by atoms with E-state index < -0.39 is 0 Å². The molecule has 0 aliphatic heterocycles. The Hall–Kier alpha value is -1.05. The second kappa shape index (κ2) is 3.60. The highest BCUT2D eigenvalue weighted by molar-refractivity contribution is 5.97. The molecule has 0 atom stereocenters. The highest BCUT2D eigenvalue weighted by atomic mass is 16.1. The number of hydrogen-bond acceptors (Lipinski definition) is 1. The summed E-state index contributed by atoms with van der Waals surface area (Å²) in [7, 11) is 2.03. The van der Waals surface area contributed by atoms with Crippen LogP contribution in [0.1, 0.15) is 54.0 Å². The van der Waals surface area contributed by atoms with Gasteiger partial charge >= 0.3 is 0 Å². The number of ketones is 1. The minimum absolute atomic E-state index is 0.169. The van der Waals surface area contributed by atoms with Gasteiger partial charge in [0.1, 0.15) is 0 Å². The van der Waals surface area contributed by atoms with Crippen LogP contribution in [0.15, 0.2) is 0 Å². The second-order valence-corrected chi connectivity index (χ2v) is 4.24. The Morgan fingerprint density at radius 1 is 1.29 bits per heavy atom. The van der Waals surface area contributed by atoms with Crippen LogP contribution in [0.5, 0.6) is 0 Å². The summed E-state index contributed by atoms with van der Waals surface area (Å²) >= 11 is 0. The molecular weight excluding hydrogens is 174 g/mol. The average molecular weight is 193 g/mol. The van der Waals surface area contributed by atoms with E-state index >= 15 is 0 Å². The molecule has 1 rings (SSSR count). The van der Waals surface area contributed by atoms with Gasteiger partial charge in [-0.05, 0) is 32.3 Å². The minimum atomic E-state index is 0.169. The van der Waals surface area contributed by atoms with Gasteiger partial charge in [-0.2, -0.15) is 0 Å². The number of rotatable bonds is 2. The van der Waals surface area contributed by atoms with Gasteiger partial charge in [-0.1, -0.05) is 13.8 Å². The largest absolute Gasteiger partial charge is 0.351 e. The standard InChI is InChI=1S/C12H19NO/c1-7(2)12-8(3)11(10(5)14)9(4)13(12)6/h7H,1-6H3. The minimum Gasteiger partial charge on any atom is -0.351 e. The average Bonchev–Trinajstić information content (AvgIpc) is 2.23. The summed E-state index contributed by atoms with van der Waals surface area (Å²) in [5.74, 6) is 0.634. The summed E-state index contributed by atoms with van der Waals surface area (Å²) in [5.41, 5.74) is 4.40. The van der Waals surface area contributed by atoms with Crippen molar-refractivity contribution in [3.63, 3.8) is 0 Å². The van der Waals surface area contributed by atoms with Crippen LogP contribution in [-0.2, 0) is 7.05 Å². The molecule has 0 radical (unpaired) electrons. The molecule has 0 spiro atoms. The maximum Gasteiger partial charge on any atom is 0.161 e. The van der Waals surface area contributed by atoms with Crippen LogP contribution in [0.25, 0.3) is 0 Å². The Morgan fingerprint density at radius 3 is 2.00 bits per heavy atom. The van der Waals surface area contributed by atoms with Crippen molar-refractivity contribution in [1.82, 2.24) is 4.57 Å². The Bertz CT molecular complexity index is 372. The number of Topliss-reactive ketones (excluding diaryl/α,β-unsaturated/α-hetero) is 1. The van der Waals surface area contributed by atoms with Crippen LogP contribution in [0.3, 0.4) is 0 Å². The van der Waals surface area contributed by atoms with E-state index in [9.17, 15) is 4.79 Å². The predicted molar refractivity (Wildman–Crippen MR) is 59.0 cm³/mol. The molecule has 0 saturated heterocycles. The highest BCUT2D eigenvalue weighted by Gasteiger charge is 2.19. The topological polar surface area (TPSA) is 22.0 Å². The summed E-state index contributed by atoms with van der Waals surface area (Å²) in [5, 5.41) is 0. The Kier molecular flexibility index (Phi) is 2.84. The number of nitrogens with zero attached hydrogens (tertiary/aromatic N) is 1. The molecule has 78 valence electrons. The molecule has 0 bridgehead atoms. The zero-order valence-corrected chi connectivity index (χ0v) is 9.93. The lowest BCUT2D eigenvalue weighted by Crippen LogP contribution is -2.01. The molecule has 1 heterocycles. The summed E-state index contributed by atoms with van der Waals surface area (Å²) in [6.07, 6.45) is 0. The van der Waals surface area contributed by atoms with Crippen molar-refractivity contribution in [2.24, 2.45) is 7.05 Å².